The summed E-state index contributed by atoms with van der Waals surface area (Å²) in [4.78, 5) is 41.8. The van der Waals surface area contributed by atoms with Crippen LogP contribution in [0.15, 0.2) is 36.4 Å². The van der Waals surface area contributed by atoms with Crippen molar-refractivity contribution in [1.82, 2.24) is 35.8 Å². The zero-order chi connectivity index (χ0) is 27.1. The number of carbonyl (C=O) groups is 3. The molecule has 2 heterocycles. The van der Waals surface area contributed by atoms with E-state index in [9.17, 15) is 14.4 Å². The lowest BCUT2D eigenvalue weighted by atomic mass is 9.81. The van der Waals surface area contributed by atoms with Gasteiger partial charge in [0, 0.05) is 23.7 Å². The van der Waals surface area contributed by atoms with Gasteiger partial charge in [-0.15, -0.1) is 10.2 Å². The van der Waals surface area contributed by atoms with Crippen LogP contribution in [-0.2, 0) is 22.7 Å². The fraction of sp³-hybridized carbons (Fsp3) is 0.423. The van der Waals surface area contributed by atoms with Gasteiger partial charge in [-0.3, -0.25) is 14.4 Å². The summed E-state index contributed by atoms with van der Waals surface area (Å²) in [7, 11) is 1.60. The number of primary amides is 1. The van der Waals surface area contributed by atoms with Crippen molar-refractivity contribution >= 4 is 17.7 Å². The Bertz CT molecular complexity index is 1300. The molecule has 12 heteroatoms. The van der Waals surface area contributed by atoms with Crippen LogP contribution in [-0.4, -0.2) is 56.6 Å². The van der Waals surface area contributed by atoms with E-state index in [1.165, 1.54) is 0 Å². The monoisotopic (exact) mass is 520 g/mol. The molecule has 1 saturated carbocycles. The van der Waals surface area contributed by atoms with E-state index in [-0.39, 0.29) is 30.0 Å². The molecule has 1 aliphatic rings. The summed E-state index contributed by atoms with van der Waals surface area (Å²) in [5, 5.41) is 18.4. The number of benzene rings is 1. The Morgan fingerprint density at radius 1 is 1.11 bits per heavy atom. The molecule has 4 rings (SSSR count). The SMILES string of the molecule is COc1cccc(CNC(=O)c2cc(-c3nnn(C[C@H]4CC[C@H](C(=O)NCC(N)=O)CC4)n3)cc(C)n2)c1. The molecule has 0 spiro atoms. The van der Waals surface area contributed by atoms with Gasteiger partial charge >= 0.3 is 0 Å². The number of nitrogens with one attached hydrogen (secondary N) is 2. The molecule has 0 aliphatic heterocycles. The molecule has 4 N–H and O–H groups in total. The number of hydrogen-bond acceptors (Lipinski definition) is 8. The third-order valence-corrected chi connectivity index (χ3v) is 6.56. The van der Waals surface area contributed by atoms with Crippen molar-refractivity contribution < 1.29 is 19.1 Å². The molecule has 0 radical (unpaired) electrons. The standard InChI is InChI=1S/C26H32N8O4/c1-16-10-20(12-22(30-16)26(37)28-13-18-4-3-5-21(11-18)38-2)24-31-33-34(32-24)15-17-6-8-19(9-7-17)25(36)29-14-23(27)35/h3-5,10-12,17,19H,6-9,13-15H2,1-2H3,(H2,27,35)(H,28,37)(H,29,36)/t17-,19-. The zero-order valence-electron chi connectivity index (χ0n) is 21.5. The second-order valence-electron chi connectivity index (χ2n) is 9.49. The van der Waals surface area contributed by atoms with Crippen LogP contribution in [0.1, 0.15) is 47.4 Å². The molecule has 1 aromatic carbocycles. The number of tetrazole rings is 1. The number of aryl methyl sites for hydroxylation is 1. The summed E-state index contributed by atoms with van der Waals surface area (Å²) >= 11 is 0. The second-order valence-corrected chi connectivity index (χ2v) is 9.49. The number of aromatic nitrogens is 5. The van der Waals surface area contributed by atoms with Crippen LogP contribution >= 0.6 is 0 Å². The van der Waals surface area contributed by atoms with Crippen molar-refractivity contribution in [1.29, 1.82) is 0 Å². The lowest BCUT2D eigenvalue weighted by molar-refractivity contribution is -0.128. The Kier molecular flexibility index (Phi) is 8.62. The number of amides is 3. The summed E-state index contributed by atoms with van der Waals surface area (Å²) < 4.78 is 5.23. The second kappa shape index (κ2) is 12.3. The van der Waals surface area contributed by atoms with Crippen LogP contribution in [0.25, 0.3) is 11.4 Å². The molecular weight excluding hydrogens is 488 g/mol. The zero-order valence-corrected chi connectivity index (χ0v) is 21.5. The molecule has 200 valence electrons. The van der Waals surface area contributed by atoms with Crippen molar-refractivity contribution in [3.8, 4) is 17.1 Å². The van der Waals surface area contributed by atoms with Crippen LogP contribution in [0, 0.1) is 18.8 Å². The van der Waals surface area contributed by atoms with Crippen LogP contribution in [0.3, 0.4) is 0 Å². The topological polar surface area (TPSA) is 167 Å². The van der Waals surface area contributed by atoms with Crippen molar-refractivity contribution in [3.05, 3.63) is 53.3 Å². The third-order valence-electron chi connectivity index (χ3n) is 6.56. The minimum atomic E-state index is -0.550. The number of methoxy groups -OCH3 is 1. The molecule has 3 aromatic rings. The molecule has 0 unspecified atom stereocenters. The van der Waals surface area contributed by atoms with Gasteiger partial charge in [0.05, 0.1) is 20.2 Å². The number of pyridine rings is 1. The fourth-order valence-electron chi connectivity index (χ4n) is 4.56. The molecule has 2 aromatic heterocycles. The predicted octanol–water partition coefficient (Wildman–Crippen LogP) is 1.39. The number of ether oxygens (including phenoxy) is 1. The van der Waals surface area contributed by atoms with Gasteiger partial charge in [0.15, 0.2) is 0 Å². The average Bonchev–Trinajstić information content (AvgIpc) is 3.39. The summed E-state index contributed by atoms with van der Waals surface area (Å²) in [5.41, 5.74) is 7.60. The minimum Gasteiger partial charge on any atom is -0.497 e. The Morgan fingerprint density at radius 2 is 1.89 bits per heavy atom. The van der Waals surface area contributed by atoms with Gasteiger partial charge in [0.2, 0.25) is 17.6 Å². The van der Waals surface area contributed by atoms with Gasteiger partial charge in [-0.1, -0.05) is 12.1 Å². The molecule has 3 amide bonds. The van der Waals surface area contributed by atoms with E-state index in [1.54, 1.807) is 18.0 Å². The van der Waals surface area contributed by atoms with Crippen molar-refractivity contribution in [2.45, 2.75) is 45.7 Å². The highest BCUT2D eigenvalue weighted by molar-refractivity contribution is 5.93. The number of nitrogens with two attached hydrogens (primary N) is 1. The fourth-order valence-corrected chi connectivity index (χ4v) is 4.56. The molecule has 0 saturated heterocycles. The number of hydrogen-bond donors (Lipinski definition) is 3. The van der Waals surface area contributed by atoms with E-state index in [4.69, 9.17) is 10.5 Å². The first-order valence-electron chi connectivity index (χ1n) is 12.5. The van der Waals surface area contributed by atoms with Gasteiger partial charge in [0.25, 0.3) is 5.91 Å². The molecule has 38 heavy (non-hydrogen) atoms. The first kappa shape index (κ1) is 26.7. The highest BCUT2D eigenvalue weighted by Gasteiger charge is 2.27. The normalized spacial score (nSPS) is 17.0. The first-order chi connectivity index (χ1) is 18.3. The van der Waals surface area contributed by atoms with Crippen LogP contribution in [0.5, 0.6) is 5.75 Å². The highest BCUT2D eigenvalue weighted by Crippen LogP contribution is 2.30. The molecule has 12 nitrogen and oxygen atoms in total. The van der Waals surface area contributed by atoms with Crippen molar-refractivity contribution in [3.63, 3.8) is 0 Å². The van der Waals surface area contributed by atoms with E-state index < -0.39 is 5.91 Å². The maximum atomic E-state index is 12.8. The van der Waals surface area contributed by atoms with Crippen LogP contribution in [0.2, 0.25) is 0 Å². The Balaban J connectivity index is 1.34. The lowest BCUT2D eigenvalue weighted by Gasteiger charge is -2.27. The molecule has 1 aliphatic carbocycles. The highest BCUT2D eigenvalue weighted by atomic mass is 16.5. The van der Waals surface area contributed by atoms with E-state index in [0.29, 0.717) is 36.1 Å². The number of rotatable bonds is 10. The Hall–Kier alpha value is -4.35. The maximum Gasteiger partial charge on any atom is 0.270 e. The van der Waals surface area contributed by atoms with Crippen molar-refractivity contribution in [2.75, 3.05) is 13.7 Å². The summed E-state index contributed by atoms with van der Waals surface area (Å²) in [6.07, 6.45) is 3.15. The van der Waals surface area contributed by atoms with Gasteiger partial charge < -0.3 is 21.1 Å². The molecule has 0 atom stereocenters. The van der Waals surface area contributed by atoms with Crippen LogP contribution in [0.4, 0.5) is 0 Å². The van der Waals surface area contributed by atoms with Gasteiger partial charge in [-0.2, -0.15) is 4.80 Å². The van der Waals surface area contributed by atoms with E-state index in [0.717, 1.165) is 37.0 Å². The largest absolute Gasteiger partial charge is 0.497 e. The van der Waals surface area contributed by atoms with Crippen molar-refractivity contribution in [2.24, 2.45) is 17.6 Å². The van der Waals surface area contributed by atoms with E-state index in [2.05, 4.69) is 31.0 Å². The third kappa shape index (κ3) is 7.11. The molecule has 1 fully saturated rings. The average molecular weight is 521 g/mol. The van der Waals surface area contributed by atoms with E-state index >= 15 is 0 Å². The van der Waals surface area contributed by atoms with Crippen LogP contribution < -0.4 is 21.1 Å². The summed E-state index contributed by atoms with van der Waals surface area (Å²) in [6, 6.07) is 11.0. The first-order valence-corrected chi connectivity index (χ1v) is 12.5. The van der Waals surface area contributed by atoms with E-state index in [1.807, 2.05) is 37.3 Å². The minimum absolute atomic E-state index is 0.113. The summed E-state index contributed by atoms with van der Waals surface area (Å²) in [6.45, 7) is 2.60. The number of carbonyl (C=O) groups excluding carboxylic acids is 3. The predicted molar refractivity (Wildman–Crippen MR) is 138 cm³/mol. The van der Waals surface area contributed by atoms with Gasteiger partial charge in [0.1, 0.15) is 11.4 Å². The molecule has 0 bridgehead atoms. The summed E-state index contributed by atoms with van der Waals surface area (Å²) in [5.74, 6) is 0.358. The quantitative estimate of drug-likeness (QED) is 0.360. The number of nitrogens with zero attached hydrogens (tertiary/aromatic N) is 5. The smallest absolute Gasteiger partial charge is 0.270 e. The Morgan fingerprint density at radius 3 is 2.63 bits per heavy atom. The van der Waals surface area contributed by atoms with Gasteiger partial charge in [-0.25, -0.2) is 4.98 Å². The maximum absolute atomic E-state index is 12.8. The molecular formula is C26H32N8O4. The Labute approximate surface area is 220 Å². The van der Waals surface area contributed by atoms with Gasteiger partial charge in [-0.05, 0) is 73.6 Å². The lowest BCUT2D eigenvalue weighted by Crippen LogP contribution is -2.38.